The molecule has 0 unspecified atom stereocenters. The van der Waals surface area contributed by atoms with E-state index >= 15 is 0 Å². The first-order valence-corrected chi connectivity index (χ1v) is 11.0. The molecule has 3 heterocycles. The number of aromatic nitrogens is 2. The Labute approximate surface area is 191 Å². The molecule has 6 heteroatoms. The summed E-state index contributed by atoms with van der Waals surface area (Å²) in [7, 11) is 0. The standard InChI is InChI=1S/C27H23N3O3/c31-23-9-5-11-30(23)17-20-13-19(12-18-6-2-1-3-7-18)14-22(15-20)26(32)25-27(33)24-21(16-29-25)8-4-10-28-24/h1-4,6-8,10,13-16,33H,5,9,11-12,17H2. The van der Waals surface area contributed by atoms with Crippen molar-refractivity contribution in [3.63, 3.8) is 0 Å². The molecule has 6 nitrogen and oxygen atoms in total. The molecule has 0 radical (unpaired) electrons. The number of carbonyl (C=O) groups excluding carboxylic acids is 2. The summed E-state index contributed by atoms with van der Waals surface area (Å²) in [5.41, 5.74) is 3.73. The predicted molar refractivity (Wildman–Crippen MR) is 125 cm³/mol. The number of likely N-dealkylation sites (tertiary alicyclic amines) is 1. The predicted octanol–water partition coefficient (Wildman–Crippen LogP) is 4.28. The third kappa shape index (κ3) is 4.32. The highest BCUT2D eigenvalue weighted by Crippen LogP contribution is 2.28. The van der Waals surface area contributed by atoms with E-state index < -0.39 is 0 Å². The Morgan fingerprint density at radius 1 is 0.970 bits per heavy atom. The van der Waals surface area contributed by atoms with Crippen LogP contribution in [0.2, 0.25) is 0 Å². The SMILES string of the molecule is O=C(c1cc(Cc2ccccc2)cc(CN2CCCC2=O)c1)c1ncc2cccnc2c1O. The summed E-state index contributed by atoms with van der Waals surface area (Å²) in [6.45, 7) is 1.18. The van der Waals surface area contributed by atoms with E-state index in [1.807, 2.05) is 47.4 Å². The second kappa shape index (κ2) is 8.82. The van der Waals surface area contributed by atoms with Crippen LogP contribution >= 0.6 is 0 Å². The Morgan fingerprint density at radius 2 is 1.79 bits per heavy atom. The van der Waals surface area contributed by atoms with Gasteiger partial charge in [0.05, 0.1) is 0 Å². The molecular weight excluding hydrogens is 414 g/mol. The first-order chi connectivity index (χ1) is 16.1. The molecule has 1 fully saturated rings. The van der Waals surface area contributed by atoms with Gasteiger partial charge in [-0.15, -0.1) is 0 Å². The van der Waals surface area contributed by atoms with Gasteiger partial charge in [-0.05, 0) is 53.8 Å². The van der Waals surface area contributed by atoms with Crippen molar-refractivity contribution in [2.45, 2.75) is 25.8 Å². The second-order valence-electron chi connectivity index (χ2n) is 8.35. The van der Waals surface area contributed by atoms with Crippen LogP contribution in [0.5, 0.6) is 5.75 Å². The van der Waals surface area contributed by atoms with Crippen molar-refractivity contribution in [3.05, 3.63) is 101 Å². The fraction of sp³-hybridized carbons (Fsp3) is 0.185. The Bertz CT molecular complexity index is 1350. The van der Waals surface area contributed by atoms with Gasteiger partial charge >= 0.3 is 0 Å². The Morgan fingerprint density at radius 3 is 2.58 bits per heavy atom. The topological polar surface area (TPSA) is 83.4 Å². The number of fused-ring (bicyclic) bond motifs is 1. The van der Waals surface area contributed by atoms with Gasteiger partial charge in [-0.1, -0.05) is 36.4 Å². The summed E-state index contributed by atoms with van der Waals surface area (Å²) in [6, 6.07) is 19.2. The largest absolute Gasteiger partial charge is 0.504 e. The van der Waals surface area contributed by atoms with Gasteiger partial charge in [0, 0.05) is 42.9 Å². The van der Waals surface area contributed by atoms with Crippen molar-refractivity contribution in [1.82, 2.24) is 14.9 Å². The maximum Gasteiger partial charge on any atom is 0.222 e. The smallest absolute Gasteiger partial charge is 0.222 e. The third-order valence-corrected chi connectivity index (χ3v) is 5.95. The fourth-order valence-electron chi connectivity index (χ4n) is 4.34. The zero-order chi connectivity index (χ0) is 22.8. The number of carbonyl (C=O) groups is 2. The van der Waals surface area contributed by atoms with Crippen LogP contribution < -0.4 is 0 Å². The number of nitrogens with zero attached hydrogens (tertiary/aromatic N) is 3. The maximum atomic E-state index is 13.4. The highest BCUT2D eigenvalue weighted by Gasteiger charge is 2.23. The molecule has 1 saturated heterocycles. The number of hydrogen-bond donors (Lipinski definition) is 1. The number of amides is 1. The molecule has 5 rings (SSSR count). The summed E-state index contributed by atoms with van der Waals surface area (Å²) in [4.78, 5) is 35.9. The van der Waals surface area contributed by atoms with Crippen LogP contribution in [0.15, 0.2) is 73.1 Å². The summed E-state index contributed by atoms with van der Waals surface area (Å²) < 4.78 is 0. The van der Waals surface area contributed by atoms with Crippen molar-refractivity contribution in [2.75, 3.05) is 6.54 Å². The summed E-state index contributed by atoms with van der Waals surface area (Å²) in [5.74, 6) is -0.456. The van der Waals surface area contributed by atoms with E-state index in [2.05, 4.69) is 9.97 Å². The monoisotopic (exact) mass is 437 g/mol. The number of benzene rings is 2. The average molecular weight is 437 g/mol. The lowest BCUT2D eigenvalue weighted by molar-refractivity contribution is -0.128. The van der Waals surface area contributed by atoms with Gasteiger partial charge in [0.2, 0.25) is 11.7 Å². The van der Waals surface area contributed by atoms with Crippen LogP contribution in [0.3, 0.4) is 0 Å². The fourth-order valence-corrected chi connectivity index (χ4v) is 4.34. The molecule has 0 atom stereocenters. The molecule has 1 amide bonds. The average Bonchev–Trinajstić information content (AvgIpc) is 3.24. The van der Waals surface area contributed by atoms with E-state index in [-0.39, 0.29) is 23.1 Å². The molecule has 1 aliphatic rings. The first-order valence-electron chi connectivity index (χ1n) is 11.0. The Balaban J connectivity index is 1.54. The van der Waals surface area contributed by atoms with Crippen LogP contribution in [0, 0.1) is 0 Å². The van der Waals surface area contributed by atoms with Crippen molar-refractivity contribution in [3.8, 4) is 5.75 Å². The lowest BCUT2D eigenvalue weighted by Gasteiger charge is -2.17. The van der Waals surface area contributed by atoms with Gasteiger partial charge in [0.25, 0.3) is 0 Å². The molecule has 1 aliphatic heterocycles. The van der Waals surface area contributed by atoms with Gasteiger partial charge in [-0.25, -0.2) is 4.98 Å². The van der Waals surface area contributed by atoms with Crippen LogP contribution in [0.25, 0.3) is 10.9 Å². The summed E-state index contributed by atoms with van der Waals surface area (Å²) in [6.07, 6.45) is 5.20. The zero-order valence-electron chi connectivity index (χ0n) is 18.1. The molecule has 1 N–H and O–H groups in total. The molecule has 0 bridgehead atoms. The van der Waals surface area contributed by atoms with Crippen molar-refractivity contribution >= 4 is 22.6 Å². The van der Waals surface area contributed by atoms with Crippen LogP contribution in [-0.4, -0.2) is 38.2 Å². The first kappa shape index (κ1) is 20.8. The molecule has 2 aromatic heterocycles. The van der Waals surface area contributed by atoms with Crippen molar-refractivity contribution in [2.24, 2.45) is 0 Å². The minimum Gasteiger partial charge on any atom is -0.504 e. The van der Waals surface area contributed by atoms with Gasteiger partial charge < -0.3 is 10.0 Å². The van der Waals surface area contributed by atoms with Gasteiger partial charge in [-0.2, -0.15) is 0 Å². The maximum absolute atomic E-state index is 13.4. The minimum atomic E-state index is -0.371. The molecule has 4 aromatic rings. The normalized spacial score (nSPS) is 13.6. The summed E-state index contributed by atoms with van der Waals surface area (Å²) >= 11 is 0. The van der Waals surface area contributed by atoms with E-state index in [1.165, 1.54) is 0 Å². The molecule has 0 aliphatic carbocycles. The van der Waals surface area contributed by atoms with E-state index in [0.29, 0.717) is 35.9 Å². The van der Waals surface area contributed by atoms with Crippen molar-refractivity contribution in [1.29, 1.82) is 0 Å². The van der Waals surface area contributed by atoms with Gasteiger partial charge in [0.15, 0.2) is 11.4 Å². The minimum absolute atomic E-state index is 0.0266. The van der Waals surface area contributed by atoms with E-state index in [0.717, 1.165) is 29.7 Å². The zero-order valence-corrected chi connectivity index (χ0v) is 18.1. The molecular formula is C27H23N3O3. The Kier molecular flexibility index (Phi) is 5.57. The number of ketones is 1. The number of pyridine rings is 2. The number of hydrogen-bond acceptors (Lipinski definition) is 5. The second-order valence-corrected chi connectivity index (χ2v) is 8.35. The lowest BCUT2D eigenvalue weighted by atomic mass is 9.96. The quantitative estimate of drug-likeness (QED) is 0.455. The third-order valence-electron chi connectivity index (χ3n) is 5.95. The van der Waals surface area contributed by atoms with Gasteiger partial charge in [-0.3, -0.25) is 14.6 Å². The highest BCUT2D eigenvalue weighted by molar-refractivity contribution is 6.11. The van der Waals surface area contributed by atoms with E-state index in [1.54, 1.807) is 30.6 Å². The van der Waals surface area contributed by atoms with Crippen molar-refractivity contribution < 1.29 is 14.7 Å². The molecule has 33 heavy (non-hydrogen) atoms. The molecule has 2 aromatic carbocycles. The highest BCUT2D eigenvalue weighted by atomic mass is 16.3. The molecule has 0 saturated carbocycles. The van der Waals surface area contributed by atoms with Crippen LogP contribution in [-0.2, 0) is 17.8 Å². The Hall–Kier alpha value is -4.06. The number of aromatic hydroxyl groups is 1. The van der Waals surface area contributed by atoms with Crippen LogP contribution in [0.4, 0.5) is 0 Å². The molecule has 0 spiro atoms. The number of rotatable bonds is 6. The van der Waals surface area contributed by atoms with Gasteiger partial charge in [0.1, 0.15) is 5.52 Å². The van der Waals surface area contributed by atoms with Crippen LogP contribution in [0.1, 0.15) is 45.6 Å². The van der Waals surface area contributed by atoms with E-state index in [9.17, 15) is 14.7 Å². The lowest BCUT2D eigenvalue weighted by Crippen LogP contribution is -2.24. The van der Waals surface area contributed by atoms with E-state index in [4.69, 9.17) is 0 Å². The molecule has 164 valence electrons. The summed E-state index contributed by atoms with van der Waals surface area (Å²) in [5, 5.41) is 11.4.